The number of halogens is 3. The van der Waals surface area contributed by atoms with Crippen molar-refractivity contribution < 1.29 is 13.2 Å². The molecule has 2 heterocycles. The standard InChI is InChI=1S/C15H14F3N3S/c16-11-6-12(9-4-2-1-3-5-9)21-13(11)19-14(20-21)22-10-7-15(17,18)8-10/h1-5,10-12H,6-8H2/t11-,12-/m0/s1. The van der Waals surface area contributed by atoms with Crippen LogP contribution in [0.5, 0.6) is 0 Å². The van der Waals surface area contributed by atoms with Crippen molar-refractivity contribution in [2.75, 3.05) is 0 Å². The van der Waals surface area contributed by atoms with Crippen molar-refractivity contribution in [3.63, 3.8) is 0 Å². The molecule has 7 heteroatoms. The van der Waals surface area contributed by atoms with Gasteiger partial charge in [0.25, 0.3) is 0 Å². The molecule has 2 aromatic rings. The number of hydrogen-bond donors (Lipinski definition) is 0. The molecule has 0 radical (unpaired) electrons. The Bertz CT molecular complexity index is 681. The van der Waals surface area contributed by atoms with Gasteiger partial charge in [0, 0.05) is 24.5 Å². The zero-order chi connectivity index (χ0) is 15.3. The lowest BCUT2D eigenvalue weighted by Crippen LogP contribution is -2.37. The fourth-order valence-corrected chi connectivity index (χ4v) is 4.23. The van der Waals surface area contributed by atoms with Gasteiger partial charge in [-0.25, -0.2) is 22.8 Å². The quantitative estimate of drug-likeness (QED) is 0.848. The zero-order valence-corrected chi connectivity index (χ0v) is 12.4. The third-order valence-electron chi connectivity index (χ3n) is 4.15. The van der Waals surface area contributed by atoms with Crippen molar-refractivity contribution in [2.45, 2.75) is 47.8 Å². The van der Waals surface area contributed by atoms with Gasteiger partial charge in [0.2, 0.25) is 11.1 Å². The van der Waals surface area contributed by atoms with Gasteiger partial charge in [-0.3, -0.25) is 0 Å². The van der Waals surface area contributed by atoms with Gasteiger partial charge in [-0.15, -0.1) is 5.10 Å². The lowest BCUT2D eigenvalue weighted by molar-refractivity contribution is -0.0667. The SMILES string of the molecule is F[C@H]1C[C@@H](c2ccccc2)n2nc(SC3CC(F)(F)C3)nc21. The first-order valence-electron chi connectivity index (χ1n) is 7.22. The van der Waals surface area contributed by atoms with E-state index in [1.54, 1.807) is 4.68 Å². The number of alkyl halides is 3. The van der Waals surface area contributed by atoms with E-state index < -0.39 is 12.1 Å². The molecule has 4 rings (SSSR count). The number of thioether (sulfide) groups is 1. The summed E-state index contributed by atoms with van der Waals surface area (Å²) in [4.78, 5) is 4.21. The number of nitrogens with zero attached hydrogens (tertiary/aromatic N) is 3. The Labute approximate surface area is 129 Å². The zero-order valence-electron chi connectivity index (χ0n) is 11.6. The van der Waals surface area contributed by atoms with E-state index >= 15 is 0 Å². The number of aromatic nitrogens is 3. The lowest BCUT2D eigenvalue weighted by Gasteiger charge is -2.33. The van der Waals surface area contributed by atoms with Gasteiger partial charge in [-0.1, -0.05) is 42.1 Å². The summed E-state index contributed by atoms with van der Waals surface area (Å²) in [6.45, 7) is 0. The summed E-state index contributed by atoms with van der Waals surface area (Å²) in [5.74, 6) is -2.25. The van der Waals surface area contributed by atoms with Crippen molar-refractivity contribution in [1.82, 2.24) is 14.8 Å². The molecule has 0 saturated heterocycles. The monoisotopic (exact) mass is 325 g/mol. The van der Waals surface area contributed by atoms with Crippen LogP contribution in [-0.4, -0.2) is 25.9 Å². The fourth-order valence-electron chi connectivity index (χ4n) is 3.00. The average Bonchev–Trinajstić information content (AvgIpc) is 2.98. The molecule has 1 aliphatic heterocycles. The smallest absolute Gasteiger partial charge is 0.239 e. The van der Waals surface area contributed by atoms with E-state index in [1.807, 2.05) is 30.3 Å². The molecule has 1 aliphatic carbocycles. The molecule has 0 unspecified atom stereocenters. The highest BCUT2D eigenvalue weighted by atomic mass is 32.2. The third kappa shape index (κ3) is 2.41. The van der Waals surface area contributed by atoms with Crippen LogP contribution in [0.3, 0.4) is 0 Å². The predicted octanol–water partition coefficient (Wildman–Crippen LogP) is 4.17. The summed E-state index contributed by atoms with van der Waals surface area (Å²) in [5.41, 5.74) is 0.987. The first-order chi connectivity index (χ1) is 10.5. The van der Waals surface area contributed by atoms with Crippen LogP contribution in [-0.2, 0) is 0 Å². The van der Waals surface area contributed by atoms with Crippen LogP contribution < -0.4 is 0 Å². The Kier molecular flexibility index (Phi) is 3.21. The van der Waals surface area contributed by atoms with Crippen molar-refractivity contribution in [3.8, 4) is 0 Å². The van der Waals surface area contributed by atoms with Crippen molar-refractivity contribution in [1.29, 1.82) is 0 Å². The second-order valence-electron chi connectivity index (χ2n) is 5.83. The molecular formula is C15H14F3N3S. The maximum absolute atomic E-state index is 14.2. The Balaban J connectivity index is 1.56. The van der Waals surface area contributed by atoms with E-state index in [4.69, 9.17) is 0 Å². The van der Waals surface area contributed by atoms with Gasteiger partial charge in [-0.05, 0) is 5.56 Å². The molecule has 1 aromatic heterocycles. The van der Waals surface area contributed by atoms with Crippen molar-refractivity contribution in [2.24, 2.45) is 0 Å². The fraction of sp³-hybridized carbons (Fsp3) is 0.467. The topological polar surface area (TPSA) is 30.7 Å². The molecule has 22 heavy (non-hydrogen) atoms. The van der Waals surface area contributed by atoms with Gasteiger partial charge in [-0.2, -0.15) is 0 Å². The van der Waals surface area contributed by atoms with Crippen LogP contribution in [0.1, 0.15) is 42.9 Å². The van der Waals surface area contributed by atoms with E-state index in [2.05, 4.69) is 10.1 Å². The second kappa shape index (κ2) is 5.01. The van der Waals surface area contributed by atoms with Crippen LogP contribution in [0.2, 0.25) is 0 Å². The molecule has 2 atom stereocenters. The molecule has 0 N–H and O–H groups in total. The minimum Gasteiger partial charge on any atom is -0.239 e. The van der Waals surface area contributed by atoms with Crippen LogP contribution in [0, 0.1) is 0 Å². The van der Waals surface area contributed by atoms with Gasteiger partial charge in [0.1, 0.15) is 0 Å². The van der Waals surface area contributed by atoms with E-state index in [-0.39, 0.29) is 24.1 Å². The number of fused-ring (bicyclic) bond motifs is 1. The molecular weight excluding hydrogens is 311 g/mol. The van der Waals surface area contributed by atoms with Gasteiger partial charge in [0.05, 0.1) is 6.04 Å². The second-order valence-corrected chi connectivity index (χ2v) is 7.10. The molecule has 0 spiro atoms. The summed E-state index contributed by atoms with van der Waals surface area (Å²) in [6, 6.07) is 9.43. The first kappa shape index (κ1) is 14.1. The third-order valence-corrected chi connectivity index (χ3v) is 5.20. The van der Waals surface area contributed by atoms with E-state index in [9.17, 15) is 13.2 Å². The highest BCUT2D eigenvalue weighted by molar-refractivity contribution is 7.99. The number of benzene rings is 1. The van der Waals surface area contributed by atoms with Gasteiger partial charge < -0.3 is 0 Å². The lowest BCUT2D eigenvalue weighted by atomic mass is 9.94. The normalized spacial score (nSPS) is 26.7. The molecule has 1 fully saturated rings. The Morgan fingerprint density at radius 1 is 1.18 bits per heavy atom. The summed E-state index contributed by atoms with van der Waals surface area (Å²) in [6.07, 6.45) is -1.13. The summed E-state index contributed by atoms with van der Waals surface area (Å²) < 4.78 is 41.5. The van der Waals surface area contributed by atoms with E-state index in [0.717, 1.165) is 5.56 Å². The van der Waals surface area contributed by atoms with Crippen molar-refractivity contribution >= 4 is 11.8 Å². The molecule has 116 valence electrons. The first-order valence-corrected chi connectivity index (χ1v) is 8.10. The molecule has 3 nitrogen and oxygen atoms in total. The molecule has 0 bridgehead atoms. The molecule has 1 aromatic carbocycles. The number of rotatable bonds is 3. The summed E-state index contributed by atoms with van der Waals surface area (Å²) >= 11 is 1.23. The van der Waals surface area contributed by atoms with Crippen molar-refractivity contribution in [3.05, 3.63) is 41.7 Å². The highest BCUT2D eigenvalue weighted by Gasteiger charge is 2.46. The van der Waals surface area contributed by atoms with E-state index in [1.165, 1.54) is 11.8 Å². The van der Waals surface area contributed by atoms with Gasteiger partial charge in [0.15, 0.2) is 12.0 Å². The number of hydrogen-bond acceptors (Lipinski definition) is 3. The molecule has 0 amide bonds. The highest BCUT2D eigenvalue weighted by Crippen LogP contribution is 2.47. The Hall–Kier alpha value is -1.50. The van der Waals surface area contributed by atoms with Crippen LogP contribution in [0.15, 0.2) is 35.5 Å². The average molecular weight is 325 g/mol. The molecule has 1 saturated carbocycles. The minimum absolute atomic E-state index is 0.150. The largest absolute Gasteiger partial charge is 0.250 e. The molecule has 2 aliphatic rings. The van der Waals surface area contributed by atoms with Crippen LogP contribution in [0.25, 0.3) is 0 Å². The van der Waals surface area contributed by atoms with Crippen LogP contribution in [0.4, 0.5) is 13.2 Å². The maximum atomic E-state index is 14.2. The summed E-state index contributed by atoms with van der Waals surface area (Å²) in [5, 5.41) is 4.58. The predicted molar refractivity (Wildman–Crippen MR) is 76.9 cm³/mol. The maximum Gasteiger partial charge on any atom is 0.250 e. The summed E-state index contributed by atoms with van der Waals surface area (Å²) in [7, 11) is 0. The van der Waals surface area contributed by atoms with E-state index in [0.29, 0.717) is 17.4 Å². The minimum atomic E-state index is -2.56. The van der Waals surface area contributed by atoms with Crippen LogP contribution >= 0.6 is 11.8 Å². The van der Waals surface area contributed by atoms with Gasteiger partial charge >= 0.3 is 0 Å². The Morgan fingerprint density at radius 2 is 1.91 bits per heavy atom. The Morgan fingerprint density at radius 3 is 2.59 bits per heavy atom.